The van der Waals surface area contributed by atoms with Gasteiger partial charge in [0, 0.05) is 17.6 Å². The molecule has 1 saturated carbocycles. The van der Waals surface area contributed by atoms with Crippen LogP contribution in [0.15, 0.2) is 53.8 Å². The van der Waals surface area contributed by atoms with Crippen molar-refractivity contribution in [2.45, 2.75) is 36.9 Å². The molecule has 0 aliphatic heterocycles. The third-order valence-electron chi connectivity index (χ3n) is 5.36. The van der Waals surface area contributed by atoms with Gasteiger partial charge in [0.05, 0.1) is 16.3 Å². The lowest BCUT2D eigenvalue weighted by Gasteiger charge is -2.16. The maximum atomic E-state index is 12.3. The molecule has 0 unspecified atom stereocenters. The van der Waals surface area contributed by atoms with E-state index in [1.165, 1.54) is 35.9 Å². The average Bonchev–Trinajstić information content (AvgIpc) is 3.52. The fourth-order valence-corrected chi connectivity index (χ4v) is 5.74. The molecule has 0 spiro atoms. The zero-order valence-corrected chi connectivity index (χ0v) is 18.4. The van der Waals surface area contributed by atoms with E-state index in [4.69, 9.17) is 10.5 Å². The van der Waals surface area contributed by atoms with E-state index in [2.05, 4.69) is 19.7 Å². The highest BCUT2D eigenvalue weighted by Gasteiger charge is 2.27. The van der Waals surface area contributed by atoms with Crippen LogP contribution in [0.3, 0.4) is 0 Å². The van der Waals surface area contributed by atoms with Crippen molar-refractivity contribution in [2.75, 3.05) is 11.5 Å². The highest BCUT2D eigenvalue weighted by atomic mass is 32.2. The molecule has 4 aromatic rings. The fraction of sp³-hybridized carbons (Fsp3) is 0.273. The summed E-state index contributed by atoms with van der Waals surface area (Å²) in [5.74, 6) is 1.13. The van der Waals surface area contributed by atoms with E-state index in [9.17, 15) is 4.79 Å². The predicted molar refractivity (Wildman–Crippen MR) is 123 cm³/mol. The lowest BCUT2D eigenvalue weighted by molar-refractivity contribution is -0.131. The van der Waals surface area contributed by atoms with Crippen LogP contribution in [0, 0.1) is 0 Å². The van der Waals surface area contributed by atoms with Crippen LogP contribution in [-0.2, 0) is 4.79 Å². The third-order valence-corrected chi connectivity index (χ3v) is 7.40. The standard InChI is InChI=1S/C22H21N5O2S2/c23-18-16-11-6-12-24-21(16)31-19(18)20-25-26-22(27(20)14-7-4-5-8-14)30-13-17(28)29-15-9-2-1-3-10-15/h1-3,6,9-12,14H,4-5,7-8,13,23H2. The molecule has 3 aromatic heterocycles. The summed E-state index contributed by atoms with van der Waals surface area (Å²) in [7, 11) is 0. The van der Waals surface area contributed by atoms with Crippen molar-refractivity contribution in [2.24, 2.45) is 0 Å². The van der Waals surface area contributed by atoms with Crippen molar-refractivity contribution in [3.8, 4) is 16.5 Å². The molecule has 158 valence electrons. The molecule has 5 rings (SSSR count). The number of nitrogens with two attached hydrogens (primary N) is 1. The number of thioether (sulfide) groups is 1. The third kappa shape index (κ3) is 4.03. The van der Waals surface area contributed by atoms with Crippen molar-refractivity contribution >= 4 is 45.0 Å². The van der Waals surface area contributed by atoms with E-state index in [-0.39, 0.29) is 11.7 Å². The first-order valence-corrected chi connectivity index (χ1v) is 12.0. The molecule has 31 heavy (non-hydrogen) atoms. The van der Waals surface area contributed by atoms with E-state index in [1.807, 2.05) is 30.3 Å². The Hall–Kier alpha value is -2.91. The van der Waals surface area contributed by atoms with Crippen LogP contribution >= 0.6 is 23.1 Å². The number of nitrogen functional groups attached to an aromatic ring is 1. The smallest absolute Gasteiger partial charge is 0.321 e. The molecule has 3 heterocycles. The van der Waals surface area contributed by atoms with Crippen LogP contribution in [0.25, 0.3) is 20.9 Å². The molecule has 0 atom stereocenters. The fourth-order valence-electron chi connectivity index (χ4n) is 3.91. The minimum atomic E-state index is -0.315. The largest absolute Gasteiger partial charge is 0.426 e. The van der Waals surface area contributed by atoms with Gasteiger partial charge in [-0.1, -0.05) is 42.8 Å². The highest BCUT2D eigenvalue weighted by molar-refractivity contribution is 7.99. The van der Waals surface area contributed by atoms with Gasteiger partial charge in [0.25, 0.3) is 0 Å². The van der Waals surface area contributed by atoms with E-state index in [1.54, 1.807) is 18.3 Å². The lowest BCUT2D eigenvalue weighted by Crippen LogP contribution is -2.13. The zero-order valence-electron chi connectivity index (χ0n) is 16.7. The minimum Gasteiger partial charge on any atom is -0.426 e. The highest BCUT2D eigenvalue weighted by Crippen LogP contribution is 2.43. The van der Waals surface area contributed by atoms with Crippen molar-refractivity contribution in [3.05, 3.63) is 48.7 Å². The van der Waals surface area contributed by atoms with E-state index >= 15 is 0 Å². The van der Waals surface area contributed by atoms with E-state index < -0.39 is 0 Å². The number of rotatable bonds is 6. The average molecular weight is 452 g/mol. The van der Waals surface area contributed by atoms with Gasteiger partial charge in [-0.3, -0.25) is 9.36 Å². The number of carbonyl (C=O) groups excluding carboxylic acids is 1. The number of para-hydroxylation sites is 1. The maximum Gasteiger partial charge on any atom is 0.321 e. The topological polar surface area (TPSA) is 95.9 Å². The Bertz CT molecular complexity index is 1220. The molecular formula is C22H21N5O2S2. The molecular weight excluding hydrogens is 430 g/mol. The van der Waals surface area contributed by atoms with Crippen molar-refractivity contribution in [1.29, 1.82) is 0 Å². The normalized spacial score (nSPS) is 14.3. The molecule has 1 fully saturated rings. The van der Waals surface area contributed by atoms with Gasteiger partial charge in [-0.25, -0.2) is 4.98 Å². The summed E-state index contributed by atoms with van der Waals surface area (Å²) in [6.45, 7) is 0. The van der Waals surface area contributed by atoms with Gasteiger partial charge in [0.1, 0.15) is 10.6 Å². The number of hydrogen-bond acceptors (Lipinski definition) is 8. The molecule has 0 bridgehead atoms. The second kappa shape index (κ2) is 8.68. The number of hydrogen-bond donors (Lipinski definition) is 1. The number of pyridine rings is 1. The molecule has 2 N–H and O–H groups in total. The zero-order chi connectivity index (χ0) is 21.2. The summed E-state index contributed by atoms with van der Waals surface area (Å²) in [5, 5.41) is 10.6. The molecule has 1 aliphatic rings. The lowest BCUT2D eigenvalue weighted by atomic mass is 10.2. The van der Waals surface area contributed by atoms with Crippen LogP contribution in [0.1, 0.15) is 31.7 Å². The summed E-state index contributed by atoms with van der Waals surface area (Å²) < 4.78 is 7.57. The summed E-state index contributed by atoms with van der Waals surface area (Å²) in [4.78, 5) is 18.5. The number of thiophene rings is 1. The SMILES string of the molecule is Nc1c(-c2nnc(SCC(=O)Oc3ccccc3)n2C2CCCC2)sc2ncccc12. The predicted octanol–water partition coefficient (Wildman–Crippen LogP) is 4.95. The van der Waals surface area contributed by atoms with Gasteiger partial charge in [0.2, 0.25) is 0 Å². The van der Waals surface area contributed by atoms with Gasteiger partial charge in [-0.05, 0) is 37.1 Å². The number of carbonyl (C=O) groups is 1. The number of benzene rings is 1. The van der Waals surface area contributed by atoms with E-state index in [0.717, 1.165) is 38.9 Å². The quantitative estimate of drug-likeness (QED) is 0.252. The summed E-state index contributed by atoms with van der Waals surface area (Å²) in [5.41, 5.74) is 7.14. The summed E-state index contributed by atoms with van der Waals surface area (Å²) in [6, 6.07) is 13.2. The number of nitrogens with zero attached hydrogens (tertiary/aromatic N) is 4. The second-order valence-corrected chi connectivity index (χ2v) is 9.33. The Morgan fingerprint density at radius 3 is 2.74 bits per heavy atom. The van der Waals surface area contributed by atoms with Crippen LogP contribution < -0.4 is 10.5 Å². The molecule has 9 heteroatoms. The molecule has 0 saturated heterocycles. The first-order valence-electron chi connectivity index (χ1n) is 10.2. The molecule has 0 radical (unpaired) electrons. The van der Waals surface area contributed by atoms with Gasteiger partial charge in [0.15, 0.2) is 11.0 Å². The number of esters is 1. The maximum absolute atomic E-state index is 12.3. The van der Waals surface area contributed by atoms with Crippen LogP contribution in [0.4, 0.5) is 5.69 Å². The first kappa shape index (κ1) is 20.0. The number of aromatic nitrogens is 4. The molecule has 0 amide bonds. The Kier molecular flexibility index (Phi) is 5.61. The first-order chi connectivity index (χ1) is 15.2. The van der Waals surface area contributed by atoms with Crippen LogP contribution in [-0.4, -0.2) is 31.5 Å². The summed E-state index contributed by atoms with van der Waals surface area (Å²) in [6.07, 6.45) is 6.24. The van der Waals surface area contributed by atoms with Crippen molar-refractivity contribution in [1.82, 2.24) is 19.7 Å². The number of anilines is 1. The number of ether oxygens (including phenoxy) is 1. The van der Waals surface area contributed by atoms with Gasteiger partial charge in [-0.15, -0.1) is 21.5 Å². The molecule has 1 aliphatic carbocycles. The van der Waals surface area contributed by atoms with Gasteiger partial charge in [-0.2, -0.15) is 0 Å². The van der Waals surface area contributed by atoms with Crippen molar-refractivity contribution in [3.63, 3.8) is 0 Å². The monoisotopic (exact) mass is 451 g/mol. The molecule has 1 aromatic carbocycles. The summed E-state index contributed by atoms with van der Waals surface area (Å²) >= 11 is 2.88. The number of fused-ring (bicyclic) bond motifs is 1. The van der Waals surface area contributed by atoms with E-state index in [0.29, 0.717) is 17.5 Å². The van der Waals surface area contributed by atoms with Gasteiger partial charge >= 0.3 is 5.97 Å². The van der Waals surface area contributed by atoms with Gasteiger partial charge < -0.3 is 10.5 Å². The Balaban J connectivity index is 1.43. The Morgan fingerprint density at radius 1 is 1.16 bits per heavy atom. The Morgan fingerprint density at radius 2 is 1.97 bits per heavy atom. The minimum absolute atomic E-state index is 0.156. The second-order valence-electron chi connectivity index (χ2n) is 7.39. The van der Waals surface area contributed by atoms with Crippen molar-refractivity contribution < 1.29 is 9.53 Å². The van der Waals surface area contributed by atoms with Crippen LogP contribution in [0.5, 0.6) is 5.75 Å². The molecule has 7 nitrogen and oxygen atoms in total. The Labute approximate surface area is 187 Å². The van der Waals surface area contributed by atoms with Crippen LogP contribution in [0.2, 0.25) is 0 Å².